The highest BCUT2D eigenvalue weighted by Gasteiger charge is 2.40. The van der Waals surface area contributed by atoms with Crippen LogP contribution in [0.5, 0.6) is 0 Å². The molecule has 2 aromatic rings. The number of carbonyl (C=O) groups excluding carboxylic acids is 1. The van der Waals surface area contributed by atoms with E-state index in [2.05, 4.69) is 41.7 Å². The second-order valence-electron chi connectivity index (χ2n) is 8.53. The third kappa shape index (κ3) is 3.61. The van der Waals surface area contributed by atoms with Gasteiger partial charge in [-0.25, -0.2) is 4.79 Å². The molecule has 2 aromatic carbocycles. The molecular formula is C24H27NO3S. The minimum atomic E-state index is -0.607. The van der Waals surface area contributed by atoms with Crippen LogP contribution in [0.4, 0.5) is 4.79 Å². The van der Waals surface area contributed by atoms with Gasteiger partial charge in [0.2, 0.25) is 0 Å². The van der Waals surface area contributed by atoms with Crippen molar-refractivity contribution in [1.29, 1.82) is 0 Å². The molecular weight excluding hydrogens is 382 g/mol. The molecule has 2 atom stereocenters. The zero-order chi connectivity index (χ0) is 19.8. The first-order chi connectivity index (χ1) is 14.2. The van der Waals surface area contributed by atoms with Crippen LogP contribution >= 0.6 is 0 Å². The van der Waals surface area contributed by atoms with Crippen molar-refractivity contribution in [3.05, 3.63) is 59.7 Å². The topological polar surface area (TPSA) is 55.4 Å². The average Bonchev–Trinajstić information content (AvgIpc) is 3.14. The van der Waals surface area contributed by atoms with Crippen molar-refractivity contribution < 1.29 is 13.7 Å². The summed E-state index contributed by atoms with van der Waals surface area (Å²) in [5.74, 6) is 0.677. The van der Waals surface area contributed by atoms with Gasteiger partial charge < -0.3 is 10.1 Å². The molecule has 2 unspecified atom stereocenters. The molecule has 152 valence electrons. The summed E-state index contributed by atoms with van der Waals surface area (Å²) < 4.78 is 17.7. The lowest BCUT2D eigenvalue weighted by Gasteiger charge is -2.27. The standard InChI is InChI=1S/C24H27NO3S/c26-24(25-12-11-16-13-17-9-10-18(14-16)29(17)27)28-15-23-21-7-3-1-5-19(21)20-6-2-4-8-22(20)23/h1-8,16-18,23H,9-15H2,(H,25,26). The first-order valence-electron chi connectivity index (χ1n) is 10.7. The fourth-order valence-corrected chi connectivity index (χ4v) is 7.61. The molecule has 0 aromatic heterocycles. The predicted molar refractivity (Wildman–Crippen MR) is 115 cm³/mol. The highest BCUT2D eigenvalue weighted by Crippen LogP contribution is 2.44. The Balaban J connectivity index is 1.13. The fourth-order valence-electron chi connectivity index (χ4n) is 5.40. The number of alkyl carbamates (subject to hydrolysis) is 1. The molecule has 0 saturated carbocycles. The summed E-state index contributed by atoms with van der Waals surface area (Å²) in [4.78, 5) is 12.3. The minimum absolute atomic E-state index is 0.0945. The van der Waals surface area contributed by atoms with Crippen molar-refractivity contribution in [1.82, 2.24) is 5.32 Å². The summed E-state index contributed by atoms with van der Waals surface area (Å²) >= 11 is 0. The van der Waals surface area contributed by atoms with E-state index in [9.17, 15) is 9.00 Å². The number of rotatable bonds is 5. The Kier molecular flexibility index (Phi) is 5.17. The van der Waals surface area contributed by atoms with E-state index in [1.807, 2.05) is 12.1 Å². The van der Waals surface area contributed by atoms with Crippen molar-refractivity contribution in [3.63, 3.8) is 0 Å². The van der Waals surface area contributed by atoms with Crippen molar-refractivity contribution in [2.75, 3.05) is 13.2 Å². The summed E-state index contributed by atoms with van der Waals surface area (Å²) in [6, 6.07) is 16.7. The number of hydrogen-bond donors (Lipinski definition) is 1. The minimum Gasteiger partial charge on any atom is -0.449 e. The number of amides is 1. The second kappa shape index (κ2) is 7.94. The molecule has 5 rings (SSSR count). The summed E-state index contributed by atoms with van der Waals surface area (Å²) in [6.07, 6.45) is 4.95. The van der Waals surface area contributed by atoms with Gasteiger partial charge in [0, 0.05) is 33.8 Å². The molecule has 0 spiro atoms. The van der Waals surface area contributed by atoms with Crippen LogP contribution in [0.25, 0.3) is 11.1 Å². The van der Waals surface area contributed by atoms with Crippen LogP contribution in [0.2, 0.25) is 0 Å². The van der Waals surface area contributed by atoms with Gasteiger partial charge in [-0.15, -0.1) is 0 Å². The van der Waals surface area contributed by atoms with E-state index in [0.29, 0.717) is 29.6 Å². The molecule has 1 N–H and O–H groups in total. The van der Waals surface area contributed by atoms with Gasteiger partial charge in [-0.2, -0.15) is 0 Å². The van der Waals surface area contributed by atoms with Crippen molar-refractivity contribution >= 4 is 16.9 Å². The highest BCUT2D eigenvalue weighted by molar-refractivity contribution is 7.86. The van der Waals surface area contributed by atoms with Crippen molar-refractivity contribution in [3.8, 4) is 11.1 Å². The Labute approximate surface area is 174 Å². The number of hydrogen-bond acceptors (Lipinski definition) is 3. The van der Waals surface area contributed by atoms with Crippen LogP contribution in [0.3, 0.4) is 0 Å². The fraction of sp³-hybridized carbons (Fsp3) is 0.458. The van der Waals surface area contributed by atoms with E-state index in [1.54, 1.807) is 0 Å². The molecule has 2 aliphatic heterocycles. The quantitative estimate of drug-likeness (QED) is 0.785. The first-order valence-corrected chi connectivity index (χ1v) is 12.0. The average molecular weight is 410 g/mol. The van der Waals surface area contributed by atoms with E-state index >= 15 is 0 Å². The Bertz CT molecular complexity index is 882. The number of benzene rings is 2. The SMILES string of the molecule is O=C(NCCC1CC2CCC(C1)S2=O)OCC1c2ccccc2-c2ccccc21. The van der Waals surface area contributed by atoms with Gasteiger partial charge in [-0.05, 0) is 60.3 Å². The molecule has 5 heteroatoms. The Morgan fingerprint density at radius 2 is 1.55 bits per heavy atom. The van der Waals surface area contributed by atoms with E-state index in [0.717, 1.165) is 32.1 Å². The summed E-state index contributed by atoms with van der Waals surface area (Å²) in [7, 11) is -0.607. The highest BCUT2D eigenvalue weighted by atomic mass is 32.2. The molecule has 2 bridgehead atoms. The van der Waals surface area contributed by atoms with Crippen LogP contribution in [0.15, 0.2) is 48.5 Å². The maximum atomic E-state index is 12.3. The molecule has 2 fully saturated rings. The zero-order valence-corrected chi connectivity index (χ0v) is 17.3. The van der Waals surface area contributed by atoms with Crippen LogP contribution < -0.4 is 5.32 Å². The normalized spacial score (nSPS) is 27.3. The smallest absolute Gasteiger partial charge is 0.407 e. The monoisotopic (exact) mass is 409 g/mol. The Morgan fingerprint density at radius 3 is 2.17 bits per heavy atom. The molecule has 0 radical (unpaired) electrons. The van der Waals surface area contributed by atoms with Gasteiger partial charge in [-0.1, -0.05) is 48.5 Å². The lowest BCUT2D eigenvalue weighted by molar-refractivity contribution is 0.142. The van der Waals surface area contributed by atoms with Crippen molar-refractivity contribution in [2.45, 2.75) is 48.5 Å². The predicted octanol–water partition coefficient (Wildman–Crippen LogP) is 4.60. The molecule has 2 heterocycles. The van der Waals surface area contributed by atoms with E-state index < -0.39 is 10.8 Å². The van der Waals surface area contributed by atoms with Gasteiger partial charge in [0.1, 0.15) is 6.61 Å². The molecule has 1 amide bonds. The lowest BCUT2D eigenvalue weighted by Crippen LogP contribution is -2.32. The van der Waals surface area contributed by atoms with Gasteiger partial charge in [0.25, 0.3) is 0 Å². The summed E-state index contributed by atoms with van der Waals surface area (Å²) in [5.41, 5.74) is 4.93. The van der Waals surface area contributed by atoms with Crippen molar-refractivity contribution in [2.24, 2.45) is 5.92 Å². The van der Waals surface area contributed by atoms with Gasteiger partial charge >= 0.3 is 6.09 Å². The van der Waals surface area contributed by atoms with Crippen LogP contribution in [0, 0.1) is 5.92 Å². The summed E-state index contributed by atoms with van der Waals surface area (Å²) in [6.45, 7) is 0.986. The van der Waals surface area contributed by atoms with Crippen LogP contribution in [-0.4, -0.2) is 34.0 Å². The molecule has 4 nitrogen and oxygen atoms in total. The number of nitrogens with one attached hydrogen (secondary N) is 1. The first kappa shape index (κ1) is 18.9. The largest absolute Gasteiger partial charge is 0.449 e. The summed E-state index contributed by atoms with van der Waals surface area (Å²) in [5, 5.41) is 3.72. The lowest BCUT2D eigenvalue weighted by atomic mass is 9.96. The maximum absolute atomic E-state index is 12.3. The second-order valence-corrected chi connectivity index (χ2v) is 10.5. The van der Waals surface area contributed by atoms with E-state index in [1.165, 1.54) is 22.3 Å². The van der Waals surface area contributed by atoms with Gasteiger partial charge in [0.05, 0.1) is 0 Å². The zero-order valence-electron chi connectivity index (χ0n) is 16.5. The number of ether oxygens (including phenoxy) is 1. The third-order valence-electron chi connectivity index (χ3n) is 6.83. The van der Waals surface area contributed by atoms with Gasteiger partial charge in [-0.3, -0.25) is 4.21 Å². The Morgan fingerprint density at radius 1 is 0.966 bits per heavy atom. The van der Waals surface area contributed by atoms with Gasteiger partial charge in [0.15, 0.2) is 0 Å². The molecule has 3 aliphatic rings. The van der Waals surface area contributed by atoms with Crippen LogP contribution in [-0.2, 0) is 15.5 Å². The molecule has 1 aliphatic carbocycles. The Hall–Kier alpha value is -2.14. The molecule has 29 heavy (non-hydrogen) atoms. The van der Waals surface area contributed by atoms with Crippen LogP contribution in [0.1, 0.15) is 49.1 Å². The maximum Gasteiger partial charge on any atom is 0.407 e. The van der Waals surface area contributed by atoms with E-state index in [-0.39, 0.29) is 12.0 Å². The van der Waals surface area contributed by atoms with E-state index in [4.69, 9.17) is 4.74 Å². The number of carbonyl (C=O) groups is 1. The number of fused-ring (bicyclic) bond motifs is 5. The third-order valence-corrected chi connectivity index (χ3v) is 9.00. The molecule has 2 saturated heterocycles.